The lowest BCUT2D eigenvalue weighted by Crippen LogP contribution is -2.26. The number of nitrogens with zero attached hydrogens (tertiary/aromatic N) is 4. The number of benzene rings is 1. The Balaban J connectivity index is 1.73. The van der Waals surface area contributed by atoms with E-state index in [0.717, 1.165) is 36.6 Å². The van der Waals surface area contributed by atoms with Crippen LogP contribution in [-0.2, 0) is 13.1 Å². The van der Waals surface area contributed by atoms with Crippen LogP contribution in [-0.4, -0.2) is 40.7 Å². The summed E-state index contributed by atoms with van der Waals surface area (Å²) >= 11 is 6.44. The van der Waals surface area contributed by atoms with Crippen molar-refractivity contribution in [2.75, 3.05) is 25.0 Å². The molecule has 1 aliphatic rings. The molecule has 134 valence electrons. The number of anilines is 1. The number of halogens is 1. The summed E-state index contributed by atoms with van der Waals surface area (Å²) in [7, 11) is 1.81. The summed E-state index contributed by atoms with van der Waals surface area (Å²) in [4.78, 5) is 16.7. The zero-order valence-electron chi connectivity index (χ0n) is 15.1. The number of hydrogen-bond donors (Lipinski definition) is 0. The van der Waals surface area contributed by atoms with E-state index in [-0.39, 0.29) is 5.91 Å². The Morgan fingerprint density at radius 3 is 2.64 bits per heavy atom. The van der Waals surface area contributed by atoms with E-state index >= 15 is 0 Å². The predicted molar refractivity (Wildman–Crippen MR) is 101 cm³/mol. The third-order valence-corrected chi connectivity index (χ3v) is 5.20. The fourth-order valence-corrected chi connectivity index (χ4v) is 3.66. The molecule has 6 heteroatoms. The summed E-state index contributed by atoms with van der Waals surface area (Å²) in [6.45, 7) is 7.53. The van der Waals surface area contributed by atoms with E-state index in [1.54, 1.807) is 11.0 Å². The summed E-state index contributed by atoms with van der Waals surface area (Å²) in [6.07, 6.45) is 4.24. The number of aromatic nitrogens is 2. The smallest absolute Gasteiger partial charge is 0.253 e. The van der Waals surface area contributed by atoms with Crippen molar-refractivity contribution in [2.45, 2.75) is 39.8 Å². The molecule has 0 aliphatic carbocycles. The zero-order valence-corrected chi connectivity index (χ0v) is 15.9. The Labute approximate surface area is 154 Å². The van der Waals surface area contributed by atoms with Crippen LogP contribution in [0.3, 0.4) is 0 Å². The molecule has 2 heterocycles. The summed E-state index contributed by atoms with van der Waals surface area (Å²) in [5.74, 6) is -0.0291. The molecule has 5 nitrogen and oxygen atoms in total. The van der Waals surface area contributed by atoms with E-state index in [1.807, 2.05) is 37.0 Å². The molecular formula is C19H25ClN4O. The zero-order chi connectivity index (χ0) is 18.0. The summed E-state index contributed by atoms with van der Waals surface area (Å²) < 4.78 is 1.94. The van der Waals surface area contributed by atoms with Gasteiger partial charge in [-0.2, -0.15) is 5.10 Å². The van der Waals surface area contributed by atoms with Crippen LogP contribution in [0.15, 0.2) is 24.4 Å². The molecule has 0 unspecified atom stereocenters. The maximum absolute atomic E-state index is 12.7. The SMILES string of the molecule is CCn1ncc(CN(C)C(=O)c2ccc(N3CCCC3)c(Cl)c2)c1C. The highest BCUT2D eigenvalue weighted by Gasteiger charge is 2.19. The van der Waals surface area contributed by atoms with Crippen LogP contribution in [0.25, 0.3) is 0 Å². The summed E-state index contributed by atoms with van der Waals surface area (Å²) in [5.41, 5.74) is 3.82. The van der Waals surface area contributed by atoms with E-state index in [2.05, 4.69) is 16.9 Å². The largest absolute Gasteiger partial charge is 0.370 e. The third kappa shape index (κ3) is 3.66. The van der Waals surface area contributed by atoms with Gasteiger partial charge in [0.2, 0.25) is 0 Å². The minimum atomic E-state index is -0.0291. The average molecular weight is 361 g/mol. The van der Waals surface area contributed by atoms with Gasteiger partial charge in [0.25, 0.3) is 5.91 Å². The van der Waals surface area contributed by atoms with Crippen molar-refractivity contribution in [3.63, 3.8) is 0 Å². The van der Waals surface area contributed by atoms with E-state index in [1.165, 1.54) is 12.8 Å². The monoisotopic (exact) mass is 360 g/mol. The van der Waals surface area contributed by atoms with Gasteiger partial charge in [-0.3, -0.25) is 9.48 Å². The fraction of sp³-hybridized carbons (Fsp3) is 0.474. The molecule has 3 rings (SSSR count). The van der Waals surface area contributed by atoms with Gasteiger partial charge in [-0.25, -0.2) is 0 Å². The van der Waals surface area contributed by atoms with Gasteiger partial charge in [0, 0.05) is 50.0 Å². The first-order valence-corrected chi connectivity index (χ1v) is 9.20. The molecule has 1 aromatic heterocycles. The lowest BCUT2D eigenvalue weighted by atomic mass is 10.1. The maximum Gasteiger partial charge on any atom is 0.253 e. The van der Waals surface area contributed by atoms with Crippen LogP contribution < -0.4 is 4.90 Å². The number of carbonyl (C=O) groups is 1. The first-order chi connectivity index (χ1) is 12.0. The summed E-state index contributed by atoms with van der Waals surface area (Å²) in [5, 5.41) is 4.99. The molecule has 25 heavy (non-hydrogen) atoms. The van der Waals surface area contributed by atoms with Gasteiger partial charge in [-0.05, 0) is 44.9 Å². The van der Waals surface area contributed by atoms with E-state index in [9.17, 15) is 4.79 Å². The fourth-order valence-electron chi connectivity index (χ4n) is 3.36. The Bertz CT molecular complexity index is 765. The molecule has 1 aliphatic heterocycles. The Kier molecular flexibility index (Phi) is 5.33. The van der Waals surface area contributed by atoms with Crippen molar-refractivity contribution in [1.82, 2.24) is 14.7 Å². The standard InChI is InChI=1S/C19H25ClN4O/c1-4-24-14(2)16(12-21-24)13-22(3)19(25)15-7-8-18(17(20)11-15)23-9-5-6-10-23/h7-8,11-12H,4-6,9-10,13H2,1-3H3. The first-order valence-electron chi connectivity index (χ1n) is 8.82. The highest BCUT2D eigenvalue weighted by Crippen LogP contribution is 2.30. The molecule has 0 saturated carbocycles. The molecule has 0 N–H and O–H groups in total. The molecule has 2 aromatic rings. The van der Waals surface area contributed by atoms with Crippen LogP contribution >= 0.6 is 11.6 Å². The second-order valence-corrected chi connectivity index (χ2v) is 7.00. The van der Waals surface area contributed by atoms with Crippen LogP contribution in [0.4, 0.5) is 5.69 Å². The van der Waals surface area contributed by atoms with Crippen molar-refractivity contribution in [1.29, 1.82) is 0 Å². The molecule has 0 atom stereocenters. The van der Waals surface area contributed by atoms with Crippen molar-refractivity contribution >= 4 is 23.2 Å². The highest BCUT2D eigenvalue weighted by molar-refractivity contribution is 6.33. The van der Waals surface area contributed by atoms with Gasteiger partial charge in [0.15, 0.2) is 0 Å². The Hall–Kier alpha value is -2.01. The maximum atomic E-state index is 12.7. The van der Waals surface area contributed by atoms with Crippen LogP contribution in [0, 0.1) is 6.92 Å². The van der Waals surface area contributed by atoms with Crippen molar-refractivity contribution < 1.29 is 4.79 Å². The number of aryl methyl sites for hydroxylation is 1. The van der Waals surface area contributed by atoms with Gasteiger partial charge < -0.3 is 9.80 Å². The van der Waals surface area contributed by atoms with Crippen molar-refractivity contribution in [2.24, 2.45) is 0 Å². The molecule has 1 fully saturated rings. The van der Waals surface area contributed by atoms with E-state index in [0.29, 0.717) is 17.1 Å². The molecule has 0 spiro atoms. The van der Waals surface area contributed by atoms with Gasteiger partial charge in [0.1, 0.15) is 0 Å². The topological polar surface area (TPSA) is 41.4 Å². The third-order valence-electron chi connectivity index (χ3n) is 4.90. The lowest BCUT2D eigenvalue weighted by molar-refractivity contribution is 0.0785. The molecule has 0 radical (unpaired) electrons. The quantitative estimate of drug-likeness (QED) is 0.815. The van der Waals surface area contributed by atoms with Gasteiger partial charge in [-0.15, -0.1) is 0 Å². The van der Waals surface area contributed by atoms with Gasteiger partial charge in [-0.1, -0.05) is 11.6 Å². The van der Waals surface area contributed by atoms with Crippen LogP contribution in [0.1, 0.15) is 41.4 Å². The number of carbonyl (C=O) groups excluding carboxylic acids is 1. The number of amides is 1. The Morgan fingerprint density at radius 1 is 1.32 bits per heavy atom. The molecule has 0 bridgehead atoms. The predicted octanol–water partition coefficient (Wildman–Crippen LogP) is 3.74. The van der Waals surface area contributed by atoms with E-state index < -0.39 is 0 Å². The highest BCUT2D eigenvalue weighted by atomic mass is 35.5. The van der Waals surface area contributed by atoms with Gasteiger partial charge >= 0.3 is 0 Å². The average Bonchev–Trinajstić information content (AvgIpc) is 3.25. The minimum absolute atomic E-state index is 0.0291. The molecule has 1 amide bonds. The van der Waals surface area contributed by atoms with Crippen LogP contribution in [0.5, 0.6) is 0 Å². The number of rotatable bonds is 5. The Morgan fingerprint density at radius 2 is 2.04 bits per heavy atom. The van der Waals surface area contributed by atoms with Gasteiger partial charge in [0.05, 0.1) is 16.9 Å². The lowest BCUT2D eigenvalue weighted by Gasteiger charge is -2.21. The first kappa shape index (κ1) is 17.8. The summed E-state index contributed by atoms with van der Waals surface area (Å²) in [6, 6.07) is 5.63. The van der Waals surface area contributed by atoms with Crippen molar-refractivity contribution in [3.8, 4) is 0 Å². The normalized spacial score (nSPS) is 14.2. The van der Waals surface area contributed by atoms with Crippen molar-refractivity contribution in [3.05, 3.63) is 46.2 Å². The molecule has 1 saturated heterocycles. The van der Waals surface area contributed by atoms with E-state index in [4.69, 9.17) is 11.6 Å². The molecule has 1 aromatic carbocycles. The second-order valence-electron chi connectivity index (χ2n) is 6.59. The minimum Gasteiger partial charge on any atom is -0.370 e. The molecular weight excluding hydrogens is 336 g/mol. The second kappa shape index (κ2) is 7.48. The number of hydrogen-bond acceptors (Lipinski definition) is 3. The van der Waals surface area contributed by atoms with Crippen LogP contribution in [0.2, 0.25) is 5.02 Å².